The summed E-state index contributed by atoms with van der Waals surface area (Å²) >= 11 is 0. The number of nitrogens with one attached hydrogen (secondary N) is 2. The molecule has 1 aromatic heterocycles. The molecule has 1 spiro atoms. The van der Waals surface area contributed by atoms with Crippen molar-refractivity contribution in [2.75, 3.05) is 22.1 Å². The summed E-state index contributed by atoms with van der Waals surface area (Å²) in [7, 11) is -2.95. The molecule has 0 saturated carbocycles. The Morgan fingerprint density at radius 2 is 1.67 bits per heavy atom. The monoisotopic (exact) mass is 680 g/mol. The molecule has 2 aliphatic rings. The molecule has 3 heterocycles. The van der Waals surface area contributed by atoms with Crippen LogP contribution in [0.5, 0.6) is 0 Å². The summed E-state index contributed by atoms with van der Waals surface area (Å²) in [6, 6.07) is 12.1. The number of carbonyl (C=O) groups is 3. The molecule has 48 heavy (non-hydrogen) atoms. The molecule has 6 atom stereocenters. The number of hydrogen-bond donors (Lipinski definition) is 6. The molecule has 258 valence electrons. The highest BCUT2D eigenvalue weighted by atomic mass is 28.4. The summed E-state index contributed by atoms with van der Waals surface area (Å²) in [6.45, 7) is 8.90. The number of benzene rings is 2. The summed E-state index contributed by atoms with van der Waals surface area (Å²) in [5.74, 6) is -1.88. The number of amides is 3. The van der Waals surface area contributed by atoms with E-state index in [1.807, 2.05) is 20.0 Å². The first-order valence-corrected chi connectivity index (χ1v) is 19.1. The molecule has 2 aromatic carbocycles. The van der Waals surface area contributed by atoms with Crippen molar-refractivity contribution in [3.05, 3.63) is 65.5 Å². The summed E-state index contributed by atoms with van der Waals surface area (Å²) in [4.78, 5) is 52.4. The SMILES string of the molecule is C[C@H](O)C(=O)Nc1ccc(CN2C(=O)[C@]3(O[C@H](CCn4cc(CCO)nn4)[C@@H]([Si](C)(C)O)[C@@H]3C)c3cc(NC(=O)[C@H](C)O)ccc32)cc1. The number of anilines is 3. The van der Waals surface area contributed by atoms with Crippen molar-refractivity contribution in [1.82, 2.24) is 15.0 Å². The van der Waals surface area contributed by atoms with Gasteiger partial charge >= 0.3 is 0 Å². The third-order valence-corrected chi connectivity index (χ3v) is 11.7. The van der Waals surface area contributed by atoms with Crippen molar-refractivity contribution in [2.24, 2.45) is 5.92 Å². The average Bonchev–Trinajstić information content (AvgIpc) is 3.67. The van der Waals surface area contributed by atoms with E-state index in [9.17, 15) is 34.5 Å². The van der Waals surface area contributed by atoms with Gasteiger partial charge in [-0.25, -0.2) is 0 Å². The largest absolute Gasteiger partial charge is 0.432 e. The van der Waals surface area contributed by atoms with Crippen LogP contribution in [-0.2, 0) is 44.2 Å². The van der Waals surface area contributed by atoms with Crippen LogP contribution in [0.3, 0.4) is 0 Å². The maximum atomic E-state index is 14.8. The molecule has 0 aliphatic carbocycles. The van der Waals surface area contributed by atoms with E-state index in [0.717, 1.165) is 5.56 Å². The topological polar surface area (TPSA) is 199 Å². The third-order valence-electron chi connectivity index (χ3n) is 9.17. The quantitative estimate of drug-likeness (QED) is 0.154. The van der Waals surface area contributed by atoms with E-state index in [1.54, 1.807) is 58.2 Å². The van der Waals surface area contributed by atoms with Crippen LogP contribution in [-0.4, -0.2) is 86.1 Å². The summed E-state index contributed by atoms with van der Waals surface area (Å²) < 4.78 is 8.55. The average molecular weight is 681 g/mol. The van der Waals surface area contributed by atoms with Gasteiger partial charge in [0.05, 0.1) is 24.0 Å². The molecular weight excluding hydrogens is 636 g/mol. The Morgan fingerprint density at radius 3 is 2.27 bits per heavy atom. The van der Waals surface area contributed by atoms with Crippen molar-refractivity contribution >= 4 is 43.1 Å². The smallest absolute Gasteiger partial charge is 0.264 e. The number of fused-ring (bicyclic) bond motifs is 2. The molecule has 0 unspecified atom stereocenters. The normalized spacial score (nSPS) is 23.3. The van der Waals surface area contributed by atoms with Gasteiger partial charge in [0.25, 0.3) is 17.7 Å². The lowest BCUT2D eigenvalue weighted by Gasteiger charge is -2.32. The number of aliphatic hydroxyl groups excluding tert-OH is 3. The fourth-order valence-electron chi connectivity index (χ4n) is 6.89. The Kier molecular flexibility index (Phi) is 10.2. The molecular formula is C33H44N6O8Si. The van der Waals surface area contributed by atoms with Crippen LogP contribution in [0.25, 0.3) is 0 Å². The van der Waals surface area contributed by atoms with Gasteiger partial charge in [-0.15, -0.1) is 5.10 Å². The van der Waals surface area contributed by atoms with E-state index in [-0.39, 0.29) is 24.6 Å². The van der Waals surface area contributed by atoms with Gasteiger partial charge < -0.3 is 40.4 Å². The standard InChI is InChI=1S/C33H44N6O8Si/c1-19-29(48(4,5)46)28(12-14-38-18-25(13-15-40)36-37-38)47-33(19)26-16-24(35-31(44)21(3)42)10-11-27(26)39(32(33)45)17-22-6-8-23(9-7-22)34-30(43)20(2)41/h6-11,16,18-21,28-29,40-42,46H,12-15,17H2,1-5H3,(H,34,43)(H,35,44)/t19-,20-,21-,28+,29-,33+/m0/s1. The number of hydrogen-bond acceptors (Lipinski definition) is 10. The number of rotatable bonds is 12. The number of aliphatic hydroxyl groups is 3. The number of aromatic nitrogens is 3. The summed E-state index contributed by atoms with van der Waals surface area (Å²) in [5.41, 5.74) is 1.65. The van der Waals surface area contributed by atoms with E-state index in [4.69, 9.17) is 4.74 Å². The highest BCUT2D eigenvalue weighted by molar-refractivity contribution is 6.71. The highest BCUT2D eigenvalue weighted by Gasteiger charge is 2.66. The predicted molar refractivity (Wildman–Crippen MR) is 179 cm³/mol. The van der Waals surface area contributed by atoms with Gasteiger partial charge in [0.15, 0.2) is 13.9 Å². The second-order valence-corrected chi connectivity index (χ2v) is 17.2. The lowest BCUT2D eigenvalue weighted by Crippen LogP contribution is -2.46. The fraction of sp³-hybridized carbons (Fsp3) is 0.485. The molecule has 0 bridgehead atoms. The Balaban J connectivity index is 1.51. The lowest BCUT2D eigenvalue weighted by molar-refractivity contribution is -0.146. The number of ether oxygens (including phenoxy) is 1. The van der Waals surface area contributed by atoms with Crippen LogP contribution in [0.2, 0.25) is 18.6 Å². The first-order chi connectivity index (χ1) is 22.6. The maximum absolute atomic E-state index is 14.8. The first-order valence-electron chi connectivity index (χ1n) is 16.1. The van der Waals surface area contributed by atoms with Gasteiger partial charge in [-0.2, -0.15) is 0 Å². The minimum Gasteiger partial charge on any atom is -0.432 e. The van der Waals surface area contributed by atoms with Crippen molar-refractivity contribution in [3.63, 3.8) is 0 Å². The number of carbonyl (C=O) groups excluding carboxylic acids is 3. The van der Waals surface area contributed by atoms with E-state index in [2.05, 4.69) is 20.9 Å². The zero-order valence-corrected chi connectivity index (χ0v) is 28.8. The zero-order chi connectivity index (χ0) is 35.0. The van der Waals surface area contributed by atoms with Crippen LogP contribution in [0.1, 0.15) is 44.0 Å². The molecule has 3 aromatic rings. The molecule has 2 aliphatic heterocycles. The Morgan fingerprint density at radius 1 is 1.04 bits per heavy atom. The van der Waals surface area contributed by atoms with Gasteiger partial charge in [0.2, 0.25) is 0 Å². The van der Waals surface area contributed by atoms with E-state index in [0.29, 0.717) is 47.7 Å². The van der Waals surface area contributed by atoms with E-state index in [1.165, 1.54) is 13.8 Å². The van der Waals surface area contributed by atoms with Gasteiger partial charge in [-0.3, -0.25) is 19.1 Å². The summed E-state index contributed by atoms with van der Waals surface area (Å²) in [6.07, 6.45) is -0.338. The van der Waals surface area contributed by atoms with Crippen LogP contribution in [0.15, 0.2) is 48.7 Å². The molecule has 1 fully saturated rings. The number of nitrogens with zero attached hydrogens (tertiary/aromatic N) is 4. The van der Waals surface area contributed by atoms with Crippen LogP contribution < -0.4 is 15.5 Å². The number of aryl methyl sites for hydroxylation is 1. The van der Waals surface area contributed by atoms with Crippen LogP contribution in [0.4, 0.5) is 17.1 Å². The maximum Gasteiger partial charge on any atom is 0.264 e. The predicted octanol–water partition coefficient (Wildman–Crippen LogP) is 1.89. The molecule has 3 amide bonds. The second-order valence-electron chi connectivity index (χ2n) is 13.2. The van der Waals surface area contributed by atoms with Crippen molar-refractivity contribution in [1.29, 1.82) is 0 Å². The fourth-order valence-corrected chi connectivity index (χ4v) is 9.49. The van der Waals surface area contributed by atoms with E-state index < -0.39 is 50.0 Å². The van der Waals surface area contributed by atoms with Gasteiger partial charge in [-0.05, 0) is 69.3 Å². The van der Waals surface area contributed by atoms with Gasteiger partial charge in [0, 0.05) is 54.2 Å². The molecule has 5 rings (SSSR count). The van der Waals surface area contributed by atoms with Gasteiger partial charge in [-0.1, -0.05) is 24.3 Å². The van der Waals surface area contributed by atoms with E-state index >= 15 is 0 Å². The molecule has 6 N–H and O–H groups in total. The Labute approximate surface area is 279 Å². The van der Waals surface area contributed by atoms with Crippen molar-refractivity contribution in [3.8, 4) is 0 Å². The van der Waals surface area contributed by atoms with Crippen molar-refractivity contribution < 1.29 is 39.2 Å². The van der Waals surface area contributed by atoms with Crippen molar-refractivity contribution in [2.45, 2.75) is 89.3 Å². The first kappa shape index (κ1) is 35.3. The zero-order valence-electron chi connectivity index (χ0n) is 27.8. The minimum atomic E-state index is -2.95. The van der Waals surface area contributed by atoms with Crippen LogP contribution >= 0.6 is 0 Å². The molecule has 15 heteroatoms. The molecule has 1 saturated heterocycles. The third kappa shape index (κ3) is 6.92. The second kappa shape index (κ2) is 13.9. The Hall–Kier alpha value is -3.99. The molecule has 14 nitrogen and oxygen atoms in total. The highest BCUT2D eigenvalue weighted by Crippen LogP contribution is 2.60. The van der Waals surface area contributed by atoms with Crippen LogP contribution in [0, 0.1) is 5.92 Å². The van der Waals surface area contributed by atoms with Gasteiger partial charge in [0.1, 0.15) is 12.2 Å². The minimum absolute atomic E-state index is 0.0434. The summed E-state index contributed by atoms with van der Waals surface area (Å²) in [5, 5.41) is 42.2. The molecule has 0 radical (unpaired) electrons. The lowest BCUT2D eigenvalue weighted by atomic mass is 9.82. The Bertz CT molecular complexity index is 1660.